The monoisotopic (exact) mass is 711 g/mol. The topological polar surface area (TPSA) is 105 Å². The Morgan fingerprint density at radius 1 is 0.833 bits per heavy atom. The van der Waals surface area contributed by atoms with Crippen molar-refractivity contribution < 1.29 is 27.5 Å². The zero-order chi connectivity index (χ0) is 34.8. The molecule has 48 heavy (non-hydrogen) atoms. The zero-order valence-corrected chi connectivity index (χ0v) is 29.6. The van der Waals surface area contributed by atoms with Gasteiger partial charge >= 0.3 is 0 Å². The van der Waals surface area contributed by atoms with Crippen molar-refractivity contribution >= 4 is 50.7 Å². The number of amides is 2. The fourth-order valence-electron chi connectivity index (χ4n) is 5.04. The summed E-state index contributed by atoms with van der Waals surface area (Å²) >= 11 is 12.8. The number of ether oxygens (including phenoxy) is 2. The van der Waals surface area contributed by atoms with Crippen LogP contribution in [0.1, 0.15) is 25.0 Å². The van der Waals surface area contributed by atoms with Crippen molar-refractivity contribution in [3.63, 3.8) is 0 Å². The second-order valence-electron chi connectivity index (χ2n) is 11.5. The lowest BCUT2D eigenvalue weighted by Gasteiger charge is -2.34. The Morgan fingerprint density at radius 2 is 1.48 bits per heavy atom. The maximum atomic E-state index is 14.7. The predicted molar refractivity (Wildman–Crippen MR) is 189 cm³/mol. The van der Waals surface area contributed by atoms with E-state index < -0.39 is 28.5 Å². The van der Waals surface area contributed by atoms with E-state index in [0.29, 0.717) is 27.9 Å². The molecular formula is C36H39Cl2N3O6S. The van der Waals surface area contributed by atoms with Gasteiger partial charge in [0.05, 0.1) is 24.8 Å². The fourth-order valence-corrected chi connectivity index (χ4v) is 6.93. The Balaban J connectivity index is 1.85. The lowest BCUT2D eigenvalue weighted by Crippen LogP contribution is -2.53. The first-order valence-electron chi connectivity index (χ1n) is 15.3. The van der Waals surface area contributed by atoms with Crippen LogP contribution in [-0.2, 0) is 32.6 Å². The van der Waals surface area contributed by atoms with Gasteiger partial charge in [0, 0.05) is 35.6 Å². The van der Waals surface area contributed by atoms with Gasteiger partial charge in [-0.1, -0.05) is 91.6 Å². The number of hydrogen-bond donors (Lipinski definition) is 1. The number of carbonyl (C=O) groups is 2. The first-order chi connectivity index (χ1) is 22.9. The van der Waals surface area contributed by atoms with Crippen LogP contribution in [0, 0.1) is 5.92 Å². The highest BCUT2D eigenvalue weighted by molar-refractivity contribution is 7.92. The van der Waals surface area contributed by atoms with E-state index in [-0.39, 0.29) is 41.1 Å². The summed E-state index contributed by atoms with van der Waals surface area (Å²) in [7, 11) is -1.39. The number of nitrogens with zero attached hydrogens (tertiary/aromatic N) is 2. The Morgan fingerprint density at radius 3 is 2.08 bits per heavy atom. The molecule has 1 N–H and O–H groups in total. The molecule has 0 aliphatic carbocycles. The van der Waals surface area contributed by atoms with Gasteiger partial charge in [-0.25, -0.2) is 8.42 Å². The van der Waals surface area contributed by atoms with Gasteiger partial charge in [0.25, 0.3) is 10.0 Å². The van der Waals surface area contributed by atoms with Crippen LogP contribution in [0.25, 0.3) is 0 Å². The minimum Gasteiger partial charge on any atom is -0.493 e. The third-order valence-corrected chi connectivity index (χ3v) is 9.95. The number of nitrogens with one attached hydrogen (secondary N) is 1. The molecule has 4 aromatic carbocycles. The number of benzene rings is 4. The second kappa shape index (κ2) is 16.7. The molecular weight excluding hydrogens is 673 g/mol. The minimum absolute atomic E-state index is 0.0182. The summed E-state index contributed by atoms with van der Waals surface area (Å²) in [4.78, 5) is 30.0. The van der Waals surface area contributed by atoms with Gasteiger partial charge < -0.3 is 19.7 Å². The number of anilines is 1. The average molecular weight is 713 g/mol. The molecule has 0 aromatic heterocycles. The Hall–Kier alpha value is -4.25. The molecule has 1 atom stereocenters. The number of rotatable bonds is 15. The van der Waals surface area contributed by atoms with Gasteiger partial charge in [0.15, 0.2) is 11.5 Å². The molecule has 2 amide bonds. The lowest BCUT2D eigenvalue weighted by atomic mass is 10.0. The van der Waals surface area contributed by atoms with Crippen molar-refractivity contribution in [1.82, 2.24) is 10.2 Å². The Kier molecular flexibility index (Phi) is 12.7. The molecule has 4 aromatic rings. The summed E-state index contributed by atoms with van der Waals surface area (Å²) in [6, 6.07) is 25.6. The summed E-state index contributed by atoms with van der Waals surface area (Å²) in [5.74, 6) is -0.202. The molecule has 0 saturated heterocycles. The molecule has 1 unspecified atom stereocenters. The highest BCUT2D eigenvalue weighted by Crippen LogP contribution is 2.34. The number of halogens is 2. The molecule has 0 heterocycles. The zero-order valence-electron chi connectivity index (χ0n) is 27.2. The third kappa shape index (κ3) is 9.21. The molecule has 0 radical (unpaired) electrons. The first-order valence-corrected chi connectivity index (χ1v) is 17.5. The molecule has 0 aliphatic rings. The summed E-state index contributed by atoms with van der Waals surface area (Å²) in [5.41, 5.74) is 1.52. The summed E-state index contributed by atoms with van der Waals surface area (Å²) in [6.45, 7) is 3.60. The highest BCUT2D eigenvalue weighted by Gasteiger charge is 2.35. The Bertz CT molecular complexity index is 1810. The van der Waals surface area contributed by atoms with E-state index in [2.05, 4.69) is 5.32 Å². The van der Waals surface area contributed by atoms with E-state index in [0.717, 1.165) is 9.87 Å². The smallest absolute Gasteiger partial charge is 0.264 e. The van der Waals surface area contributed by atoms with Crippen molar-refractivity contribution in [3.05, 3.63) is 118 Å². The largest absolute Gasteiger partial charge is 0.493 e. The summed E-state index contributed by atoms with van der Waals surface area (Å²) in [5, 5.41) is 3.68. The molecule has 0 aliphatic heterocycles. The van der Waals surface area contributed by atoms with Gasteiger partial charge in [0.2, 0.25) is 11.8 Å². The van der Waals surface area contributed by atoms with Crippen LogP contribution >= 0.6 is 23.2 Å². The third-order valence-electron chi connectivity index (χ3n) is 7.58. The maximum Gasteiger partial charge on any atom is 0.264 e. The SMILES string of the molecule is COc1ccc(N(CC(=O)N(Cc2ccc(Cl)cc2Cl)C(Cc2ccccc2)C(=O)NCC(C)C)S(=O)(=O)c2ccccc2)cc1OC. The van der Waals surface area contributed by atoms with E-state index in [1.54, 1.807) is 42.5 Å². The van der Waals surface area contributed by atoms with Crippen LogP contribution in [-0.4, -0.2) is 58.5 Å². The van der Waals surface area contributed by atoms with Crippen LogP contribution in [0.2, 0.25) is 10.0 Å². The molecule has 0 spiro atoms. The van der Waals surface area contributed by atoms with E-state index >= 15 is 0 Å². The molecule has 0 saturated carbocycles. The van der Waals surface area contributed by atoms with Crippen molar-refractivity contribution in [3.8, 4) is 11.5 Å². The summed E-state index contributed by atoms with van der Waals surface area (Å²) < 4.78 is 40.3. The van der Waals surface area contributed by atoms with Gasteiger partial charge in [-0.3, -0.25) is 13.9 Å². The van der Waals surface area contributed by atoms with E-state index in [9.17, 15) is 18.0 Å². The molecule has 12 heteroatoms. The van der Waals surface area contributed by atoms with Crippen LogP contribution < -0.4 is 19.1 Å². The van der Waals surface area contributed by atoms with E-state index in [1.807, 2.05) is 44.2 Å². The van der Waals surface area contributed by atoms with Crippen molar-refractivity contribution in [2.24, 2.45) is 5.92 Å². The van der Waals surface area contributed by atoms with Crippen LogP contribution in [0.3, 0.4) is 0 Å². The number of sulfonamides is 1. The molecule has 0 fully saturated rings. The number of hydrogen-bond acceptors (Lipinski definition) is 6. The maximum absolute atomic E-state index is 14.7. The van der Waals surface area contributed by atoms with Crippen molar-refractivity contribution in [1.29, 1.82) is 0 Å². The predicted octanol–water partition coefficient (Wildman–Crippen LogP) is 6.62. The van der Waals surface area contributed by atoms with Crippen molar-refractivity contribution in [2.45, 2.75) is 37.8 Å². The first kappa shape index (κ1) is 36.6. The summed E-state index contributed by atoms with van der Waals surface area (Å²) in [6.07, 6.45) is 0.170. The molecule has 4 rings (SSSR count). The van der Waals surface area contributed by atoms with E-state index in [1.165, 1.54) is 43.4 Å². The highest BCUT2D eigenvalue weighted by atomic mass is 35.5. The minimum atomic E-state index is -4.29. The van der Waals surface area contributed by atoms with Crippen LogP contribution in [0.5, 0.6) is 11.5 Å². The quantitative estimate of drug-likeness (QED) is 0.149. The van der Waals surface area contributed by atoms with Gasteiger partial charge in [-0.05, 0) is 53.4 Å². The van der Waals surface area contributed by atoms with Crippen LogP contribution in [0.4, 0.5) is 5.69 Å². The standard InChI is InChI=1S/C36H39Cl2N3O6S/c1-25(2)22-39-36(43)32(19-26-11-7-5-8-12-26)40(23-27-15-16-28(37)20-31(27)38)35(42)24-41(48(44,45)30-13-9-6-10-14-30)29-17-18-33(46-3)34(21-29)47-4/h5-18,20-21,25,32H,19,22-24H2,1-4H3,(H,39,43). The lowest BCUT2D eigenvalue weighted by molar-refractivity contribution is -0.140. The van der Waals surface area contributed by atoms with Crippen LogP contribution in [0.15, 0.2) is 102 Å². The van der Waals surface area contributed by atoms with Gasteiger partial charge in [-0.15, -0.1) is 0 Å². The van der Waals surface area contributed by atoms with Gasteiger partial charge in [-0.2, -0.15) is 0 Å². The van der Waals surface area contributed by atoms with E-state index in [4.69, 9.17) is 32.7 Å². The fraction of sp³-hybridized carbons (Fsp3) is 0.278. The normalized spacial score (nSPS) is 11.9. The Labute approximate surface area is 292 Å². The molecule has 254 valence electrons. The number of carbonyl (C=O) groups excluding carboxylic acids is 2. The second-order valence-corrected chi connectivity index (χ2v) is 14.2. The average Bonchev–Trinajstić information content (AvgIpc) is 3.08. The van der Waals surface area contributed by atoms with Gasteiger partial charge in [0.1, 0.15) is 12.6 Å². The van der Waals surface area contributed by atoms with Crippen molar-refractivity contribution in [2.75, 3.05) is 31.6 Å². The molecule has 0 bridgehead atoms. The molecule has 9 nitrogen and oxygen atoms in total. The number of methoxy groups -OCH3 is 2.